The number of rotatable bonds is 3. The number of benzene rings is 2. The molecule has 0 saturated heterocycles. The van der Waals surface area contributed by atoms with E-state index in [1.807, 2.05) is 6.92 Å². The highest BCUT2D eigenvalue weighted by atomic mass is 79.9. The van der Waals surface area contributed by atoms with Crippen molar-refractivity contribution < 1.29 is 8.78 Å². The largest absolute Gasteiger partial charge is 0.377 e. The fraction of sp³-hybridized carbons (Fsp3) is 0.143. The molecule has 1 nitrogen and oxygen atoms in total. The maximum absolute atomic E-state index is 13.8. The van der Waals surface area contributed by atoms with E-state index in [9.17, 15) is 8.78 Å². The van der Waals surface area contributed by atoms with Gasteiger partial charge in [0, 0.05) is 20.2 Å². The lowest BCUT2D eigenvalue weighted by molar-refractivity contribution is 0.599. The molecule has 0 aromatic heterocycles. The van der Waals surface area contributed by atoms with Gasteiger partial charge in [0.05, 0.1) is 6.04 Å². The molecule has 0 fully saturated rings. The molecule has 0 aliphatic heterocycles. The van der Waals surface area contributed by atoms with E-state index >= 15 is 0 Å². The van der Waals surface area contributed by atoms with Gasteiger partial charge in [0.15, 0.2) is 0 Å². The van der Waals surface area contributed by atoms with E-state index in [0.29, 0.717) is 14.5 Å². The summed E-state index contributed by atoms with van der Waals surface area (Å²) >= 11 is 6.50. The Morgan fingerprint density at radius 1 is 1.05 bits per heavy atom. The molecule has 0 radical (unpaired) electrons. The van der Waals surface area contributed by atoms with E-state index in [4.69, 9.17) is 0 Å². The molecule has 0 saturated carbocycles. The molecule has 1 unspecified atom stereocenters. The van der Waals surface area contributed by atoms with Crippen LogP contribution in [0.5, 0.6) is 0 Å². The molecule has 2 aromatic rings. The fourth-order valence-corrected chi connectivity index (χ4v) is 2.57. The lowest BCUT2D eigenvalue weighted by Gasteiger charge is -2.17. The quantitative estimate of drug-likeness (QED) is 0.712. The van der Waals surface area contributed by atoms with Gasteiger partial charge in [-0.25, -0.2) is 8.78 Å². The minimum absolute atomic E-state index is 0.227. The van der Waals surface area contributed by atoms with E-state index in [0.717, 1.165) is 5.69 Å². The normalized spacial score (nSPS) is 12.3. The van der Waals surface area contributed by atoms with Crippen LogP contribution in [0.15, 0.2) is 45.3 Å². The minimum atomic E-state index is -0.320. The van der Waals surface area contributed by atoms with Crippen molar-refractivity contribution in [3.8, 4) is 0 Å². The molecule has 0 aliphatic rings. The van der Waals surface area contributed by atoms with Crippen molar-refractivity contribution in [1.29, 1.82) is 0 Å². The van der Waals surface area contributed by atoms with Crippen molar-refractivity contribution in [3.05, 3.63) is 62.5 Å². The zero-order chi connectivity index (χ0) is 14.0. The fourth-order valence-electron chi connectivity index (χ4n) is 1.77. The smallest absolute Gasteiger partial charge is 0.129 e. The van der Waals surface area contributed by atoms with E-state index in [-0.39, 0.29) is 17.7 Å². The van der Waals surface area contributed by atoms with Crippen LogP contribution in [0.1, 0.15) is 18.5 Å². The van der Waals surface area contributed by atoms with Crippen LogP contribution in [-0.4, -0.2) is 0 Å². The molecule has 0 aliphatic carbocycles. The van der Waals surface area contributed by atoms with Crippen LogP contribution in [0.4, 0.5) is 14.5 Å². The van der Waals surface area contributed by atoms with Crippen molar-refractivity contribution in [2.24, 2.45) is 0 Å². The van der Waals surface area contributed by atoms with Gasteiger partial charge in [0.2, 0.25) is 0 Å². The minimum Gasteiger partial charge on any atom is -0.377 e. The lowest BCUT2D eigenvalue weighted by atomic mass is 10.1. The van der Waals surface area contributed by atoms with E-state index < -0.39 is 0 Å². The summed E-state index contributed by atoms with van der Waals surface area (Å²) in [4.78, 5) is 0. The molecule has 0 spiro atoms. The van der Waals surface area contributed by atoms with Gasteiger partial charge >= 0.3 is 0 Å². The van der Waals surface area contributed by atoms with Gasteiger partial charge < -0.3 is 5.32 Å². The Kier molecular flexibility index (Phi) is 4.58. The van der Waals surface area contributed by atoms with Gasteiger partial charge in [-0.05, 0) is 53.2 Å². The number of anilines is 1. The van der Waals surface area contributed by atoms with E-state index in [2.05, 4.69) is 37.2 Å². The second kappa shape index (κ2) is 6.01. The van der Waals surface area contributed by atoms with Gasteiger partial charge in [0.25, 0.3) is 0 Å². The van der Waals surface area contributed by atoms with Gasteiger partial charge in [-0.3, -0.25) is 0 Å². The number of hydrogen-bond acceptors (Lipinski definition) is 1. The van der Waals surface area contributed by atoms with Crippen LogP contribution in [-0.2, 0) is 0 Å². The average molecular weight is 391 g/mol. The maximum Gasteiger partial charge on any atom is 0.129 e. The number of nitrogens with one attached hydrogen (secondary N) is 1. The summed E-state index contributed by atoms with van der Waals surface area (Å²) in [5.41, 5.74) is 1.27. The highest BCUT2D eigenvalue weighted by molar-refractivity contribution is 9.10. The van der Waals surface area contributed by atoms with Crippen molar-refractivity contribution in [3.63, 3.8) is 0 Å². The molecule has 0 bridgehead atoms. The summed E-state index contributed by atoms with van der Waals surface area (Å²) in [6, 6.07) is 9.05. The Labute approximate surface area is 127 Å². The molecular formula is C14H11Br2F2N. The average Bonchev–Trinajstić information content (AvgIpc) is 2.32. The second-order valence-corrected chi connectivity index (χ2v) is 5.93. The first-order valence-electron chi connectivity index (χ1n) is 5.64. The van der Waals surface area contributed by atoms with E-state index in [1.165, 1.54) is 18.2 Å². The van der Waals surface area contributed by atoms with Gasteiger partial charge in [-0.2, -0.15) is 0 Å². The highest BCUT2D eigenvalue weighted by Gasteiger charge is 2.12. The van der Waals surface area contributed by atoms with Crippen LogP contribution in [0.3, 0.4) is 0 Å². The molecule has 0 amide bonds. The summed E-state index contributed by atoms with van der Waals surface area (Å²) in [5.74, 6) is -0.604. The summed E-state index contributed by atoms with van der Waals surface area (Å²) in [6.07, 6.45) is 0. The Morgan fingerprint density at radius 2 is 1.79 bits per heavy atom. The number of hydrogen-bond donors (Lipinski definition) is 1. The molecule has 1 atom stereocenters. The lowest BCUT2D eigenvalue weighted by Crippen LogP contribution is -2.09. The molecule has 5 heteroatoms. The zero-order valence-electron chi connectivity index (χ0n) is 10.1. The molecule has 1 N–H and O–H groups in total. The van der Waals surface area contributed by atoms with Crippen LogP contribution in [0.25, 0.3) is 0 Å². The summed E-state index contributed by atoms with van der Waals surface area (Å²) in [5, 5.41) is 3.15. The van der Waals surface area contributed by atoms with Gasteiger partial charge in [-0.1, -0.05) is 22.0 Å². The first-order chi connectivity index (χ1) is 8.97. The topological polar surface area (TPSA) is 12.0 Å². The monoisotopic (exact) mass is 389 g/mol. The van der Waals surface area contributed by atoms with Crippen LogP contribution < -0.4 is 5.32 Å². The molecule has 2 aromatic carbocycles. The van der Waals surface area contributed by atoms with Crippen LogP contribution >= 0.6 is 31.9 Å². The van der Waals surface area contributed by atoms with Gasteiger partial charge in [-0.15, -0.1) is 0 Å². The predicted molar refractivity (Wildman–Crippen MR) is 80.2 cm³/mol. The van der Waals surface area contributed by atoms with Crippen molar-refractivity contribution >= 4 is 37.5 Å². The first-order valence-corrected chi connectivity index (χ1v) is 7.22. The van der Waals surface area contributed by atoms with Crippen molar-refractivity contribution in [2.75, 3.05) is 5.32 Å². The first kappa shape index (κ1) is 14.5. The third-order valence-electron chi connectivity index (χ3n) is 2.73. The molecular weight excluding hydrogens is 380 g/mol. The predicted octanol–water partition coefficient (Wildman–Crippen LogP) is 5.66. The molecule has 0 heterocycles. The Morgan fingerprint density at radius 3 is 2.42 bits per heavy atom. The molecule has 2 rings (SSSR count). The Balaban J connectivity index is 2.23. The van der Waals surface area contributed by atoms with Crippen molar-refractivity contribution in [2.45, 2.75) is 13.0 Å². The second-order valence-electron chi connectivity index (χ2n) is 4.16. The van der Waals surface area contributed by atoms with Crippen molar-refractivity contribution in [1.82, 2.24) is 0 Å². The summed E-state index contributed by atoms with van der Waals surface area (Å²) < 4.78 is 28.1. The number of halogens is 4. The third kappa shape index (κ3) is 3.54. The molecule has 100 valence electrons. The third-order valence-corrected chi connectivity index (χ3v) is 3.88. The maximum atomic E-state index is 13.8. The Bertz CT molecular complexity index is 602. The van der Waals surface area contributed by atoms with Gasteiger partial charge in [0.1, 0.15) is 11.6 Å². The Hall–Kier alpha value is -0.940. The van der Waals surface area contributed by atoms with E-state index in [1.54, 1.807) is 18.2 Å². The zero-order valence-corrected chi connectivity index (χ0v) is 13.2. The van der Waals surface area contributed by atoms with Crippen LogP contribution in [0.2, 0.25) is 0 Å². The SMILES string of the molecule is CC(Nc1ccc(F)cc1Br)c1ccc(Br)cc1F. The summed E-state index contributed by atoms with van der Waals surface area (Å²) in [6.45, 7) is 1.85. The standard InChI is InChI=1S/C14H11Br2F2N/c1-8(11-4-2-9(15)6-13(11)18)19-14-5-3-10(17)7-12(14)16/h2-8,19H,1H3. The summed E-state index contributed by atoms with van der Waals surface area (Å²) in [7, 11) is 0. The molecule has 19 heavy (non-hydrogen) atoms. The highest BCUT2D eigenvalue weighted by Crippen LogP contribution is 2.29. The van der Waals surface area contributed by atoms with Crippen LogP contribution in [0, 0.1) is 11.6 Å².